The van der Waals surface area contributed by atoms with E-state index in [-0.39, 0.29) is 0 Å². The van der Waals surface area contributed by atoms with E-state index in [9.17, 15) is 0 Å². The zero-order chi connectivity index (χ0) is 12.4. The van der Waals surface area contributed by atoms with Crippen LogP contribution in [0.25, 0.3) is 11.0 Å². The Morgan fingerprint density at radius 2 is 2.28 bits per heavy atom. The van der Waals surface area contributed by atoms with Crippen LogP contribution < -0.4 is 5.32 Å². The van der Waals surface area contributed by atoms with Crippen molar-refractivity contribution in [2.75, 3.05) is 20.1 Å². The molecule has 0 radical (unpaired) electrons. The largest absolute Gasteiger partial charge is 0.464 e. The highest BCUT2D eigenvalue weighted by Crippen LogP contribution is 2.20. The molecule has 3 heteroatoms. The number of hydrogen-bond acceptors (Lipinski definition) is 3. The van der Waals surface area contributed by atoms with Gasteiger partial charge in [0, 0.05) is 30.1 Å². The fourth-order valence-electron chi connectivity index (χ4n) is 2.78. The van der Waals surface area contributed by atoms with Crippen molar-refractivity contribution in [1.82, 2.24) is 10.2 Å². The number of hydrogen-bond donors (Lipinski definition) is 1. The molecular weight excluding hydrogens is 224 g/mol. The summed E-state index contributed by atoms with van der Waals surface area (Å²) in [5.41, 5.74) is 2.23. The minimum absolute atomic E-state index is 0.697. The quantitative estimate of drug-likeness (QED) is 0.896. The van der Waals surface area contributed by atoms with Crippen molar-refractivity contribution in [3.05, 3.63) is 36.1 Å². The van der Waals surface area contributed by atoms with Crippen LogP contribution >= 0.6 is 0 Å². The van der Waals surface area contributed by atoms with E-state index in [4.69, 9.17) is 4.42 Å². The van der Waals surface area contributed by atoms with Gasteiger partial charge < -0.3 is 14.6 Å². The minimum atomic E-state index is 0.697. The number of para-hydroxylation sites is 1. The van der Waals surface area contributed by atoms with E-state index in [0.717, 1.165) is 18.7 Å². The molecule has 96 valence electrons. The smallest absolute Gasteiger partial charge is 0.134 e. The maximum Gasteiger partial charge on any atom is 0.134 e. The number of rotatable bonds is 4. The van der Waals surface area contributed by atoms with Crippen molar-refractivity contribution in [2.45, 2.75) is 25.4 Å². The van der Waals surface area contributed by atoms with Gasteiger partial charge in [0.25, 0.3) is 0 Å². The first-order chi connectivity index (χ1) is 8.84. The third-order valence-electron chi connectivity index (χ3n) is 3.93. The molecule has 0 saturated carbocycles. The number of benzene rings is 1. The summed E-state index contributed by atoms with van der Waals surface area (Å²) in [4.78, 5) is 2.44. The number of likely N-dealkylation sites (tertiary alicyclic amines) is 1. The molecule has 1 atom stereocenters. The van der Waals surface area contributed by atoms with Crippen LogP contribution in [0.2, 0.25) is 0 Å². The number of fused-ring (bicyclic) bond motifs is 1. The average Bonchev–Trinajstić information content (AvgIpc) is 2.97. The Hall–Kier alpha value is -1.32. The maximum atomic E-state index is 5.54. The Balaban J connectivity index is 1.60. The van der Waals surface area contributed by atoms with Crippen molar-refractivity contribution in [2.24, 2.45) is 0 Å². The molecule has 1 fully saturated rings. The van der Waals surface area contributed by atoms with Crippen LogP contribution in [-0.4, -0.2) is 31.1 Å². The predicted molar refractivity (Wildman–Crippen MR) is 73.6 cm³/mol. The third-order valence-corrected chi connectivity index (χ3v) is 3.93. The fraction of sp³-hybridized carbons (Fsp3) is 0.467. The van der Waals surface area contributed by atoms with Crippen LogP contribution in [0.1, 0.15) is 18.4 Å². The van der Waals surface area contributed by atoms with Gasteiger partial charge in [-0.15, -0.1) is 0 Å². The van der Waals surface area contributed by atoms with E-state index in [1.165, 1.54) is 30.3 Å². The molecule has 1 aromatic heterocycles. The fourth-order valence-corrected chi connectivity index (χ4v) is 2.78. The summed E-state index contributed by atoms with van der Waals surface area (Å²) in [6.45, 7) is 3.19. The van der Waals surface area contributed by atoms with Gasteiger partial charge in [0.1, 0.15) is 5.58 Å². The molecule has 1 saturated heterocycles. The van der Waals surface area contributed by atoms with Crippen molar-refractivity contribution >= 4 is 11.0 Å². The summed E-state index contributed by atoms with van der Waals surface area (Å²) in [5.74, 6) is 0. The first kappa shape index (κ1) is 11.8. The van der Waals surface area contributed by atoms with Crippen LogP contribution in [0.4, 0.5) is 0 Å². The molecule has 3 rings (SSSR count). The summed E-state index contributed by atoms with van der Waals surface area (Å²) in [6, 6.07) is 8.91. The van der Waals surface area contributed by atoms with E-state index in [2.05, 4.69) is 29.4 Å². The van der Waals surface area contributed by atoms with Gasteiger partial charge in [0.2, 0.25) is 0 Å². The molecule has 1 aliphatic rings. The second-order valence-corrected chi connectivity index (χ2v) is 5.16. The lowest BCUT2D eigenvalue weighted by Crippen LogP contribution is -2.35. The topological polar surface area (TPSA) is 28.4 Å². The summed E-state index contributed by atoms with van der Waals surface area (Å²) in [7, 11) is 2.21. The highest BCUT2D eigenvalue weighted by molar-refractivity contribution is 5.80. The van der Waals surface area contributed by atoms with Crippen molar-refractivity contribution < 1.29 is 4.42 Å². The van der Waals surface area contributed by atoms with E-state index in [1.807, 2.05) is 18.4 Å². The summed E-state index contributed by atoms with van der Waals surface area (Å²) >= 11 is 0. The van der Waals surface area contributed by atoms with E-state index < -0.39 is 0 Å². The molecule has 3 nitrogen and oxygen atoms in total. The molecule has 0 amide bonds. The van der Waals surface area contributed by atoms with Gasteiger partial charge in [0.05, 0.1) is 6.26 Å². The van der Waals surface area contributed by atoms with Crippen molar-refractivity contribution in [3.63, 3.8) is 0 Å². The molecule has 1 aliphatic heterocycles. The molecule has 18 heavy (non-hydrogen) atoms. The van der Waals surface area contributed by atoms with Crippen LogP contribution in [0.15, 0.2) is 34.9 Å². The normalized spacial score (nSPS) is 20.8. The Labute approximate surface area is 108 Å². The van der Waals surface area contributed by atoms with E-state index in [0.29, 0.717) is 6.04 Å². The van der Waals surface area contributed by atoms with Gasteiger partial charge in [-0.2, -0.15) is 0 Å². The predicted octanol–water partition coefficient (Wildman–Crippen LogP) is 2.62. The zero-order valence-electron chi connectivity index (χ0n) is 10.9. The monoisotopic (exact) mass is 244 g/mol. The molecule has 1 aromatic carbocycles. The molecule has 1 N–H and O–H groups in total. The molecule has 0 bridgehead atoms. The lowest BCUT2D eigenvalue weighted by atomic mass is 10.1. The molecule has 0 aliphatic carbocycles. The Morgan fingerprint density at radius 1 is 1.39 bits per heavy atom. The SMILES string of the molecule is CN1CCCC1CNCc1coc2ccccc12. The summed E-state index contributed by atoms with van der Waals surface area (Å²) in [6.07, 6.45) is 4.52. The highest BCUT2D eigenvalue weighted by atomic mass is 16.3. The van der Waals surface area contributed by atoms with Crippen LogP contribution in [-0.2, 0) is 6.54 Å². The average molecular weight is 244 g/mol. The molecule has 1 unspecified atom stereocenters. The molecular formula is C15H20N2O. The highest BCUT2D eigenvalue weighted by Gasteiger charge is 2.20. The maximum absolute atomic E-state index is 5.54. The minimum Gasteiger partial charge on any atom is -0.464 e. The van der Waals surface area contributed by atoms with Gasteiger partial charge in [-0.1, -0.05) is 18.2 Å². The van der Waals surface area contributed by atoms with Crippen molar-refractivity contribution in [1.29, 1.82) is 0 Å². The van der Waals surface area contributed by atoms with Crippen LogP contribution in [0.3, 0.4) is 0 Å². The van der Waals surface area contributed by atoms with Gasteiger partial charge in [-0.25, -0.2) is 0 Å². The van der Waals surface area contributed by atoms with Crippen LogP contribution in [0.5, 0.6) is 0 Å². The second kappa shape index (κ2) is 5.12. The Bertz CT molecular complexity index is 520. The van der Waals surface area contributed by atoms with E-state index in [1.54, 1.807) is 0 Å². The Kier molecular flexibility index (Phi) is 3.35. The van der Waals surface area contributed by atoms with Crippen molar-refractivity contribution in [3.8, 4) is 0 Å². The second-order valence-electron chi connectivity index (χ2n) is 5.16. The standard InChI is InChI=1S/C15H20N2O/c1-17-8-4-5-13(17)10-16-9-12-11-18-15-7-3-2-6-14(12)15/h2-3,6-7,11,13,16H,4-5,8-10H2,1H3. The third kappa shape index (κ3) is 2.28. The van der Waals surface area contributed by atoms with Gasteiger partial charge >= 0.3 is 0 Å². The zero-order valence-corrected chi connectivity index (χ0v) is 10.9. The summed E-state index contributed by atoms with van der Waals surface area (Å²) in [5, 5.41) is 4.78. The first-order valence-corrected chi connectivity index (χ1v) is 6.70. The van der Waals surface area contributed by atoms with Gasteiger partial charge in [-0.3, -0.25) is 0 Å². The molecule has 2 aromatic rings. The number of nitrogens with one attached hydrogen (secondary N) is 1. The first-order valence-electron chi connectivity index (χ1n) is 6.70. The lowest BCUT2D eigenvalue weighted by Gasteiger charge is -2.19. The molecule has 2 heterocycles. The Morgan fingerprint density at radius 3 is 3.11 bits per heavy atom. The van der Waals surface area contributed by atoms with Gasteiger partial charge in [0.15, 0.2) is 0 Å². The molecule has 0 spiro atoms. The van der Waals surface area contributed by atoms with Crippen LogP contribution in [0, 0.1) is 0 Å². The number of likely N-dealkylation sites (N-methyl/N-ethyl adjacent to an activating group) is 1. The number of furan rings is 1. The number of nitrogens with zero attached hydrogens (tertiary/aromatic N) is 1. The summed E-state index contributed by atoms with van der Waals surface area (Å²) < 4.78 is 5.54. The lowest BCUT2D eigenvalue weighted by molar-refractivity contribution is 0.300. The van der Waals surface area contributed by atoms with E-state index >= 15 is 0 Å². The van der Waals surface area contributed by atoms with Gasteiger partial charge in [-0.05, 0) is 32.5 Å².